The molecule has 0 amide bonds. The van der Waals surface area contributed by atoms with Crippen LogP contribution in [-0.4, -0.2) is 23.3 Å². The lowest BCUT2D eigenvalue weighted by Crippen LogP contribution is -1.94. The van der Waals surface area contributed by atoms with Crippen molar-refractivity contribution in [3.63, 3.8) is 0 Å². The van der Waals surface area contributed by atoms with Crippen molar-refractivity contribution in [2.45, 2.75) is 0 Å². The maximum Gasteiger partial charge on any atom is 0.358 e. The van der Waals surface area contributed by atoms with E-state index in [1.165, 1.54) is 31.4 Å². The zero-order valence-electron chi connectivity index (χ0n) is 8.81. The first kappa shape index (κ1) is 11.1. The first-order valence-electron chi connectivity index (χ1n) is 4.65. The van der Waals surface area contributed by atoms with E-state index >= 15 is 0 Å². The number of hydrogen-bond acceptors (Lipinski definition) is 4. The fraction of sp³-hybridized carbons (Fsp3) is 0.0909. The summed E-state index contributed by atoms with van der Waals surface area (Å²) < 4.78 is 22.8. The van der Waals surface area contributed by atoms with Gasteiger partial charge in [0, 0.05) is 11.6 Å². The van der Waals surface area contributed by atoms with Crippen molar-refractivity contribution >= 4 is 5.97 Å². The summed E-state index contributed by atoms with van der Waals surface area (Å²) in [5.74, 6) is -1.40. The highest BCUT2D eigenvalue weighted by Gasteiger charge is 2.13. The zero-order valence-corrected chi connectivity index (χ0v) is 8.81. The quantitative estimate of drug-likeness (QED) is 0.885. The second-order valence-corrected chi connectivity index (χ2v) is 3.23. The minimum Gasteiger partial charge on any atom is -0.494 e. The van der Waals surface area contributed by atoms with E-state index in [2.05, 4.69) is 5.16 Å². The molecule has 2 rings (SSSR count). The molecule has 5 nitrogen and oxygen atoms in total. The molecular formula is C11H8FNO4. The average Bonchev–Trinajstić information content (AvgIpc) is 2.79. The SMILES string of the molecule is COc1cc(-c2cc(C(=O)O)no2)ccc1F. The maximum absolute atomic E-state index is 13.2. The number of methoxy groups -OCH3 is 1. The van der Waals surface area contributed by atoms with Crippen molar-refractivity contribution in [3.05, 3.63) is 35.8 Å². The van der Waals surface area contributed by atoms with Crippen LogP contribution in [0.4, 0.5) is 4.39 Å². The Labute approximate surface area is 95.4 Å². The number of carboxylic acid groups (broad SMARTS) is 1. The normalized spacial score (nSPS) is 10.2. The van der Waals surface area contributed by atoms with Gasteiger partial charge in [-0.05, 0) is 18.2 Å². The van der Waals surface area contributed by atoms with Gasteiger partial charge in [-0.2, -0.15) is 0 Å². The number of hydrogen-bond donors (Lipinski definition) is 1. The smallest absolute Gasteiger partial charge is 0.358 e. The molecule has 1 aromatic carbocycles. The highest BCUT2D eigenvalue weighted by molar-refractivity contribution is 5.86. The van der Waals surface area contributed by atoms with E-state index in [-0.39, 0.29) is 17.2 Å². The number of carbonyl (C=O) groups is 1. The molecule has 1 heterocycles. The second-order valence-electron chi connectivity index (χ2n) is 3.23. The molecule has 0 aliphatic carbocycles. The molecule has 2 aromatic rings. The van der Waals surface area contributed by atoms with Gasteiger partial charge >= 0.3 is 5.97 Å². The predicted octanol–water partition coefficient (Wildman–Crippen LogP) is 2.19. The first-order valence-corrected chi connectivity index (χ1v) is 4.65. The molecule has 1 aromatic heterocycles. The molecule has 6 heteroatoms. The summed E-state index contributed by atoms with van der Waals surface area (Å²) in [6.07, 6.45) is 0. The molecular weight excluding hydrogens is 229 g/mol. The third-order valence-electron chi connectivity index (χ3n) is 2.16. The Morgan fingerprint density at radius 3 is 2.82 bits per heavy atom. The van der Waals surface area contributed by atoms with Crippen molar-refractivity contribution in [3.8, 4) is 17.1 Å². The Balaban J connectivity index is 2.42. The van der Waals surface area contributed by atoms with Crippen LogP contribution in [0.1, 0.15) is 10.5 Å². The monoisotopic (exact) mass is 237 g/mol. The lowest BCUT2D eigenvalue weighted by molar-refractivity contribution is 0.0686. The molecule has 0 radical (unpaired) electrons. The van der Waals surface area contributed by atoms with E-state index in [0.29, 0.717) is 5.56 Å². The second kappa shape index (κ2) is 4.25. The summed E-state index contributed by atoms with van der Waals surface area (Å²) in [5, 5.41) is 12.0. The van der Waals surface area contributed by atoms with Crippen LogP contribution >= 0.6 is 0 Å². The Bertz CT molecular complexity index is 564. The number of nitrogens with zero attached hydrogens (tertiary/aromatic N) is 1. The van der Waals surface area contributed by atoms with Crippen molar-refractivity contribution in [1.82, 2.24) is 5.16 Å². The third-order valence-corrected chi connectivity index (χ3v) is 2.16. The molecule has 1 N–H and O–H groups in total. The standard InChI is InChI=1S/C11H8FNO4/c1-16-10-4-6(2-3-7(10)12)9-5-8(11(14)15)13-17-9/h2-5H,1H3,(H,14,15). The van der Waals surface area contributed by atoms with E-state index in [0.717, 1.165) is 0 Å². The van der Waals surface area contributed by atoms with Crippen LogP contribution in [0.15, 0.2) is 28.8 Å². The molecule has 0 saturated heterocycles. The molecule has 17 heavy (non-hydrogen) atoms. The minimum atomic E-state index is -1.19. The number of carboxylic acids is 1. The molecule has 0 aliphatic heterocycles. The molecule has 0 bridgehead atoms. The number of aromatic carboxylic acids is 1. The van der Waals surface area contributed by atoms with Gasteiger partial charge in [0.15, 0.2) is 23.0 Å². The van der Waals surface area contributed by atoms with E-state index in [1.54, 1.807) is 0 Å². The third kappa shape index (κ3) is 2.10. The molecule has 0 atom stereocenters. The maximum atomic E-state index is 13.2. The highest BCUT2D eigenvalue weighted by atomic mass is 19.1. The van der Waals surface area contributed by atoms with Gasteiger partial charge in [0.2, 0.25) is 0 Å². The fourth-order valence-electron chi connectivity index (χ4n) is 1.33. The number of rotatable bonds is 3. The molecule has 88 valence electrons. The van der Waals surface area contributed by atoms with Crippen molar-refractivity contribution in [1.29, 1.82) is 0 Å². The van der Waals surface area contributed by atoms with Gasteiger partial charge in [-0.25, -0.2) is 9.18 Å². The van der Waals surface area contributed by atoms with Gasteiger partial charge in [0.1, 0.15) is 0 Å². The van der Waals surface area contributed by atoms with Crippen LogP contribution < -0.4 is 4.74 Å². The summed E-state index contributed by atoms with van der Waals surface area (Å²) in [7, 11) is 1.34. The molecule has 0 unspecified atom stereocenters. The number of aromatic nitrogens is 1. The Morgan fingerprint density at radius 1 is 1.47 bits per heavy atom. The predicted molar refractivity (Wildman–Crippen MR) is 55.4 cm³/mol. The van der Waals surface area contributed by atoms with E-state index in [1.807, 2.05) is 0 Å². The van der Waals surface area contributed by atoms with Crippen LogP contribution in [0.2, 0.25) is 0 Å². The number of benzene rings is 1. The highest BCUT2D eigenvalue weighted by Crippen LogP contribution is 2.26. The Kier molecular flexibility index (Phi) is 2.78. The van der Waals surface area contributed by atoms with Crippen LogP contribution in [0.3, 0.4) is 0 Å². The summed E-state index contributed by atoms with van der Waals surface area (Å²) in [4.78, 5) is 10.6. The Hall–Kier alpha value is -2.37. The topological polar surface area (TPSA) is 72.6 Å². The lowest BCUT2D eigenvalue weighted by atomic mass is 10.1. The van der Waals surface area contributed by atoms with E-state index in [9.17, 15) is 9.18 Å². The van der Waals surface area contributed by atoms with Gasteiger partial charge < -0.3 is 14.4 Å². The average molecular weight is 237 g/mol. The van der Waals surface area contributed by atoms with Crippen LogP contribution in [-0.2, 0) is 0 Å². The van der Waals surface area contributed by atoms with Crippen molar-refractivity contribution in [2.24, 2.45) is 0 Å². The lowest BCUT2D eigenvalue weighted by Gasteiger charge is -2.02. The molecule has 0 aliphatic rings. The van der Waals surface area contributed by atoms with Gasteiger partial charge in [0.25, 0.3) is 0 Å². The van der Waals surface area contributed by atoms with E-state index in [4.69, 9.17) is 14.4 Å². The molecule has 0 fully saturated rings. The number of halogens is 1. The Morgan fingerprint density at radius 2 is 2.24 bits per heavy atom. The van der Waals surface area contributed by atoms with Crippen LogP contribution in [0.25, 0.3) is 11.3 Å². The van der Waals surface area contributed by atoms with Gasteiger partial charge in [-0.3, -0.25) is 0 Å². The van der Waals surface area contributed by atoms with Gasteiger partial charge in [0.05, 0.1) is 7.11 Å². The van der Waals surface area contributed by atoms with Crippen molar-refractivity contribution in [2.75, 3.05) is 7.11 Å². The van der Waals surface area contributed by atoms with Gasteiger partial charge in [-0.15, -0.1) is 0 Å². The largest absolute Gasteiger partial charge is 0.494 e. The van der Waals surface area contributed by atoms with Gasteiger partial charge in [-0.1, -0.05) is 5.16 Å². The zero-order chi connectivity index (χ0) is 12.4. The number of ether oxygens (including phenoxy) is 1. The first-order chi connectivity index (χ1) is 8.11. The summed E-state index contributed by atoms with van der Waals surface area (Å²) in [6.45, 7) is 0. The molecule has 0 saturated carbocycles. The van der Waals surface area contributed by atoms with Crippen LogP contribution in [0.5, 0.6) is 5.75 Å². The van der Waals surface area contributed by atoms with Crippen molar-refractivity contribution < 1.29 is 23.6 Å². The molecule has 0 spiro atoms. The summed E-state index contributed by atoms with van der Waals surface area (Å²) in [6, 6.07) is 5.32. The van der Waals surface area contributed by atoms with E-state index < -0.39 is 11.8 Å². The summed E-state index contributed by atoms with van der Waals surface area (Å²) >= 11 is 0. The fourth-order valence-corrected chi connectivity index (χ4v) is 1.33. The summed E-state index contributed by atoms with van der Waals surface area (Å²) in [5.41, 5.74) is 0.284. The van der Waals surface area contributed by atoms with Crippen LogP contribution in [0, 0.1) is 5.82 Å². The minimum absolute atomic E-state index is 0.0516.